The van der Waals surface area contributed by atoms with Gasteiger partial charge in [0.25, 0.3) is 0 Å². The molecule has 0 unspecified atom stereocenters. The zero-order valence-corrected chi connectivity index (χ0v) is 10.5. The average Bonchev–Trinajstić information content (AvgIpc) is 2.70. The fourth-order valence-corrected chi connectivity index (χ4v) is 3.11. The van der Waals surface area contributed by atoms with Crippen molar-refractivity contribution in [3.05, 3.63) is 0 Å². The number of fused-ring (bicyclic) bond motifs is 1. The van der Waals surface area contributed by atoms with Crippen LogP contribution in [0.5, 0.6) is 0 Å². The summed E-state index contributed by atoms with van der Waals surface area (Å²) < 4.78 is 5.43. The van der Waals surface area contributed by atoms with Crippen LogP contribution < -0.4 is 0 Å². The Morgan fingerprint density at radius 1 is 1.44 bits per heavy atom. The lowest BCUT2D eigenvalue weighted by atomic mass is 9.75. The van der Waals surface area contributed by atoms with Crippen LogP contribution in [0.3, 0.4) is 0 Å². The van der Waals surface area contributed by atoms with Gasteiger partial charge in [0.05, 0.1) is 0 Å². The first-order valence-electron chi connectivity index (χ1n) is 6.54. The van der Waals surface area contributed by atoms with Gasteiger partial charge in [0.2, 0.25) is 5.91 Å². The number of carbonyl (C=O) groups excluding carboxylic acids is 1. The van der Waals surface area contributed by atoms with Crippen LogP contribution in [0.25, 0.3) is 0 Å². The summed E-state index contributed by atoms with van der Waals surface area (Å²) >= 11 is 0. The molecule has 3 heteroatoms. The Morgan fingerprint density at radius 3 is 2.75 bits per heavy atom. The van der Waals surface area contributed by atoms with Crippen LogP contribution in [0.2, 0.25) is 0 Å². The summed E-state index contributed by atoms with van der Waals surface area (Å²) in [5.74, 6) is 0.966. The van der Waals surface area contributed by atoms with Crippen molar-refractivity contribution in [3.8, 4) is 0 Å². The number of hydrogen-bond donors (Lipinski definition) is 0. The lowest BCUT2D eigenvalue weighted by Gasteiger charge is -2.38. The largest absolute Gasteiger partial charge is 0.372 e. The van der Waals surface area contributed by atoms with E-state index in [1.54, 1.807) is 0 Å². The molecule has 0 N–H and O–H groups in total. The van der Waals surface area contributed by atoms with E-state index in [2.05, 4.69) is 13.8 Å². The summed E-state index contributed by atoms with van der Waals surface area (Å²) in [5.41, 5.74) is 0.175. The van der Waals surface area contributed by atoms with Gasteiger partial charge in [-0.15, -0.1) is 0 Å². The van der Waals surface area contributed by atoms with Crippen LogP contribution in [0, 0.1) is 5.92 Å². The molecule has 3 fully saturated rings. The van der Waals surface area contributed by atoms with E-state index in [1.165, 1.54) is 25.7 Å². The molecule has 0 aromatic heterocycles. The average molecular weight is 225 g/mol. The summed E-state index contributed by atoms with van der Waals surface area (Å²) in [7, 11) is 0. The number of hydrogen-bond acceptors (Lipinski definition) is 2. The maximum atomic E-state index is 11.9. The van der Waals surface area contributed by atoms with Gasteiger partial charge in [-0.25, -0.2) is 0 Å². The van der Waals surface area contributed by atoms with Gasteiger partial charge in [-0.05, 0) is 32.1 Å². The second-order valence-electron chi connectivity index (χ2n) is 5.54. The molecule has 0 spiro atoms. The third-order valence-electron chi connectivity index (χ3n) is 3.97. The van der Waals surface area contributed by atoms with Crippen LogP contribution in [0.4, 0.5) is 0 Å². The van der Waals surface area contributed by atoms with E-state index in [0.29, 0.717) is 0 Å². The van der Waals surface area contributed by atoms with Gasteiger partial charge < -0.3 is 9.64 Å². The standard InChI is InChI=1S/C13H23NO2/c1-3-4-5-6-16-10-12(15)14-9-11-7-13(14,2)8-11/h11H,3-10H2,1-2H3. The van der Waals surface area contributed by atoms with Crippen molar-refractivity contribution in [2.75, 3.05) is 19.8 Å². The lowest BCUT2D eigenvalue weighted by molar-refractivity contribution is -0.139. The summed E-state index contributed by atoms with van der Waals surface area (Å²) in [5, 5.41) is 0. The minimum Gasteiger partial charge on any atom is -0.372 e. The Bertz CT molecular complexity index is 259. The Hall–Kier alpha value is -0.570. The molecule has 3 nitrogen and oxygen atoms in total. The Morgan fingerprint density at radius 2 is 2.19 bits per heavy atom. The smallest absolute Gasteiger partial charge is 0.249 e. The van der Waals surface area contributed by atoms with E-state index in [4.69, 9.17) is 4.74 Å². The van der Waals surface area contributed by atoms with Crippen LogP contribution in [-0.4, -0.2) is 36.1 Å². The maximum absolute atomic E-state index is 11.9. The lowest BCUT2D eigenvalue weighted by Crippen LogP contribution is -2.46. The third-order valence-corrected chi connectivity index (χ3v) is 3.97. The molecular weight excluding hydrogens is 202 g/mol. The van der Waals surface area contributed by atoms with Crippen LogP contribution >= 0.6 is 0 Å². The Labute approximate surface area is 98.1 Å². The molecule has 0 aromatic carbocycles. The number of carbonyl (C=O) groups is 1. The van der Waals surface area contributed by atoms with Gasteiger partial charge in [0.1, 0.15) is 6.61 Å². The van der Waals surface area contributed by atoms with E-state index in [1.807, 2.05) is 4.90 Å². The third kappa shape index (κ3) is 2.24. The van der Waals surface area contributed by atoms with E-state index in [-0.39, 0.29) is 18.1 Å². The fourth-order valence-electron chi connectivity index (χ4n) is 3.11. The summed E-state index contributed by atoms with van der Waals surface area (Å²) in [6.07, 6.45) is 5.87. The van der Waals surface area contributed by atoms with Gasteiger partial charge in [-0.1, -0.05) is 19.8 Å². The molecule has 0 radical (unpaired) electrons. The number of nitrogens with zero attached hydrogens (tertiary/aromatic N) is 1. The van der Waals surface area contributed by atoms with Crippen LogP contribution in [0.15, 0.2) is 0 Å². The first kappa shape index (κ1) is 11.9. The van der Waals surface area contributed by atoms with Gasteiger partial charge >= 0.3 is 0 Å². The molecule has 3 rings (SSSR count). The molecule has 0 atom stereocenters. The van der Waals surface area contributed by atoms with Crippen LogP contribution in [0.1, 0.15) is 46.0 Å². The van der Waals surface area contributed by atoms with E-state index in [0.717, 1.165) is 25.5 Å². The first-order chi connectivity index (χ1) is 7.65. The molecule has 2 saturated heterocycles. The number of unbranched alkanes of at least 4 members (excludes halogenated alkanes) is 2. The second-order valence-corrected chi connectivity index (χ2v) is 5.54. The van der Waals surface area contributed by atoms with Crippen molar-refractivity contribution in [1.29, 1.82) is 0 Å². The predicted octanol–water partition coefficient (Wildman–Crippen LogP) is 2.20. The zero-order chi connectivity index (χ0) is 11.6. The molecule has 2 bridgehead atoms. The van der Waals surface area contributed by atoms with Crippen molar-refractivity contribution in [2.45, 2.75) is 51.5 Å². The van der Waals surface area contributed by atoms with Gasteiger partial charge in [0.15, 0.2) is 0 Å². The highest BCUT2D eigenvalue weighted by molar-refractivity contribution is 5.79. The monoisotopic (exact) mass is 225 g/mol. The Kier molecular flexibility index (Phi) is 3.53. The van der Waals surface area contributed by atoms with Crippen molar-refractivity contribution < 1.29 is 9.53 Å². The molecule has 16 heavy (non-hydrogen) atoms. The summed E-state index contributed by atoms with van der Waals surface area (Å²) in [4.78, 5) is 14.0. The van der Waals surface area contributed by atoms with Gasteiger partial charge in [0, 0.05) is 18.7 Å². The van der Waals surface area contributed by atoms with Crippen molar-refractivity contribution in [2.24, 2.45) is 5.92 Å². The highest BCUT2D eigenvalue weighted by atomic mass is 16.5. The maximum Gasteiger partial charge on any atom is 0.249 e. The van der Waals surface area contributed by atoms with Crippen LogP contribution in [-0.2, 0) is 9.53 Å². The summed E-state index contributed by atoms with van der Waals surface area (Å²) in [6, 6.07) is 0. The fraction of sp³-hybridized carbons (Fsp3) is 0.923. The van der Waals surface area contributed by atoms with Crippen molar-refractivity contribution in [1.82, 2.24) is 4.90 Å². The minimum atomic E-state index is 0.175. The molecule has 1 amide bonds. The SMILES string of the molecule is CCCCCOCC(=O)N1CC2CC1(C)C2. The van der Waals surface area contributed by atoms with E-state index < -0.39 is 0 Å². The molecule has 1 saturated carbocycles. The van der Waals surface area contributed by atoms with Crippen molar-refractivity contribution >= 4 is 5.91 Å². The quantitative estimate of drug-likeness (QED) is 0.649. The minimum absolute atomic E-state index is 0.175. The topological polar surface area (TPSA) is 29.5 Å². The first-order valence-corrected chi connectivity index (χ1v) is 6.54. The van der Waals surface area contributed by atoms with Crippen molar-refractivity contribution in [3.63, 3.8) is 0 Å². The number of amides is 1. The molecule has 1 aliphatic carbocycles. The predicted molar refractivity (Wildman–Crippen MR) is 63.2 cm³/mol. The highest BCUT2D eigenvalue weighted by Gasteiger charge is 2.54. The van der Waals surface area contributed by atoms with E-state index in [9.17, 15) is 4.79 Å². The number of rotatable bonds is 6. The zero-order valence-electron chi connectivity index (χ0n) is 10.5. The van der Waals surface area contributed by atoms with Gasteiger partial charge in [-0.2, -0.15) is 0 Å². The molecule has 0 aromatic rings. The molecule has 2 heterocycles. The van der Waals surface area contributed by atoms with E-state index >= 15 is 0 Å². The molecular formula is C13H23NO2. The number of ether oxygens (including phenoxy) is 1. The highest BCUT2D eigenvalue weighted by Crippen LogP contribution is 2.49. The van der Waals surface area contributed by atoms with Gasteiger partial charge in [-0.3, -0.25) is 4.79 Å². The molecule has 92 valence electrons. The Balaban J connectivity index is 1.65. The molecule has 3 aliphatic rings. The second kappa shape index (κ2) is 4.74. The normalized spacial score (nSPS) is 31.6. The summed E-state index contributed by atoms with van der Waals surface area (Å²) in [6.45, 7) is 6.35. The molecule has 2 aliphatic heterocycles.